The van der Waals surface area contributed by atoms with Crippen LogP contribution in [0.3, 0.4) is 0 Å². The second kappa shape index (κ2) is 7.50. The van der Waals surface area contributed by atoms with Crippen LogP contribution in [0.2, 0.25) is 0 Å². The summed E-state index contributed by atoms with van der Waals surface area (Å²) < 4.78 is 0. The van der Waals surface area contributed by atoms with Crippen LogP contribution in [0.4, 0.5) is 0 Å². The molecule has 0 amide bonds. The largest absolute Gasteiger partial charge is 0.312 e. The zero-order valence-electron chi connectivity index (χ0n) is 12.6. The molecule has 0 atom stereocenters. The Labute approximate surface area is 125 Å². The van der Waals surface area contributed by atoms with Gasteiger partial charge in [0.05, 0.1) is 5.69 Å². The van der Waals surface area contributed by atoms with Crippen LogP contribution in [-0.2, 0) is 19.4 Å². The topological polar surface area (TPSA) is 37.8 Å². The molecule has 2 aromatic rings. The number of rotatable bonds is 7. The van der Waals surface area contributed by atoms with Crippen molar-refractivity contribution in [3.05, 3.63) is 34.6 Å². The van der Waals surface area contributed by atoms with Crippen LogP contribution in [-0.4, -0.2) is 16.5 Å². The van der Waals surface area contributed by atoms with E-state index < -0.39 is 0 Å². The molecule has 3 nitrogen and oxygen atoms in total. The number of hydrogen-bond donors (Lipinski definition) is 1. The summed E-state index contributed by atoms with van der Waals surface area (Å²) in [5, 5.41) is 4.55. The summed E-state index contributed by atoms with van der Waals surface area (Å²) in [6, 6.07) is 2.09. The molecule has 0 radical (unpaired) electrons. The van der Waals surface area contributed by atoms with Gasteiger partial charge in [-0.2, -0.15) is 0 Å². The van der Waals surface area contributed by atoms with Gasteiger partial charge in [-0.25, -0.2) is 4.98 Å². The first-order valence-electron chi connectivity index (χ1n) is 7.42. The monoisotopic (exact) mass is 289 g/mol. The van der Waals surface area contributed by atoms with E-state index in [1.807, 2.05) is 23.7 Å². The second-order valence-corrected chi connectivity index (χ2v) is 5.89. The van der Waals surface area contributed by atoms with E-state index >= 15 is 0 Å². The Hall–Kier alpha value is -1.26. The molecule has 4 heteroatoms. The summed E-state index contributed by atoms with van der Waals surface area (Å²) >= 11 is 1.82. The number of pyridine rings is 1. The lowest BCUT2D eigenvalue weighted by Gasteiger charge is -2.02. The van der Waals surface area contributed by atoms with Crippen LogP contribution in [0.1, 0.15) is 43.3 Å². The summed E-state index contributed by atoms with van der Waals surface area (Å²) in [7, 11) is 0. The smallest absolute Gasteiger partial charge is 0.124 e. The Morgan fingerprint density at radius 1 is 1.25 bits per heavy atom. The summed E-state index contributed by atoms with van der Waals surface area (Å²) in [6.45, 7) is 8.43. The van der Waals surface area contributed by atoms with Gasteiger partial charge in [-0.15, -0.1) is 11.3 Å². The van der Waals surface area contributed by atoms with Crippen LogP contribution in [0.5, 0.6) is 0 Å². The Bertz CT molecular complexity index is 548. The Morgan fingerprint density at radius 2 is 2.10 bits per heavy atom. The van der Waals surface area contributed by atoms with Gasteiger partial charge >= 0.3 is 0 Å². The maximum absolute atomic E-state index is 4.88. The summed E-state index contributed by atoms with van der Waals surface area (Å²) in [6.07, 6.45) is 7.01. The molecule has 0 fully saturated rings. The Morgan fingerprint density at radius 3 is 2.80 bits per heavy atom. The molecular formula is C16H23N3S. The zero-order valence-corrected chi connectivity index (χ0v) is 13.4. The third-order valence-electron chi connectivity index (χ3n) is 3.32. The highest BCUT2D eigenvalue weighted by molar-refractivity contribution is 7.15. The lowest BCUT2D eigenvalue weighted by molar-refractivity contribution is 0.723. The summed E-state index contributed by atoms with van der Waals surface area (Å²) in [5.74, 6) is 0. The molecule has 20 heavy (non-hydrogen) atoms. The van der Waals surface area contributed by atoms with Crippen molar-refractivity contribution in [3.8, 4) is 10.6 Å². The number of nitrogens with one attached hydrogen (secondary N) is 1. The highest BCUT2D eigenvalue weighted by Gasteiger charge is 2.13. The van der Waals surface area contributed by atoms with Crippen LogP contribution >= 0.6 is 11.3 Å². The van der Waals surface area contributed by atoms with E-state index in [1.165, 1.54) is 21.7 Å². The molecule has 0 aliphatic heterocycles. The maximum atomic E-state index is 4.88. The fraction of sp³-hybridized carbons (Fsp3) is 0.500. The van der Waals surface area contributed by atoms with E-state index in [1.54, 1.807) is 0 Å². The quantitative estimate of drug-likeness (QED) is 0.842. The average molecular weight is 289 g/mol. The molecule has 108 valence electrons. The number of aryl methyl sites for hydroxylation is 2. The van der Waals surface area contributed by atoms with Gasteiger partial charge in [-0.1, -0.05) is 27.2 Å². The van der Waals surface area contributed by atoms with Gasteiger partial charge < -0.3 is 5.32 Å². The van der Waals surface area contributed by atoms with Crippen molar-refractivity contribution in [2.75, 3.05) is 6.54 Å². The SMILES string of the molecule is CCCc1nc(-c2ccncc2CC)sc1CNCC. The van der Waals surface area contributed by atoms with Gasteiger partial charge in [0.25, 0.3) is 0 Å². The Kier molecular flexibility index (Phi) is 5.68. The molecule has 0 saturated heterocycles. The summed E-state index contributed by atoms with van der Waals surface area (Å²) in [4.78, 5) is 10.5. The molecule has 2 heterocycles. The van der Waals surface area contributed by atoms with Crippen molar-refractivity contribution < 1.29 is 0 Å². The van der Waals surface area contributed by atoms with E-state index in [0.717, 1.165) is 37.4 Å². The van der Waals surface area contributed by atoms with Crippen molar-refractivity contribution >= 4 is 11.3 Å². The fourth-order valence-corrected chi connectivity index (χ4v) is 3.36. The van der Waals surface area contributed by atoms with Crippen molar-refractivity contribution in [1.29, 1.82) is 0 Å². The number of hydrogen-bond acceptors (Lipinski definition) is 4. The van der Waals surface area contributed by atoms with Gasteiger partial charge in [0, 0.05) is 29.4 Å². The predicted molar refractivity (Wildman–Crippen MR) is 86.1 cm³/mol. The molecule has 2 aromatic heterocycles. The van der Waals surface area contributed by atoms with E-state index in [9.17, 15) is 0 Å². The number of nitrogens with zero attached hydrogens (tertiary/aromatic N) is 2. The first-order chi connectivity index (χ1) is 9.80. The second-order valence-electron chi connectivity index (χ2n) is 4.81. The minimum absolute atomic E-state index is 0.927. The van der Waals surface area contributed by atoms with E-state index in [0.29, 0.717) is 0 Å². The third-order valence-corrected chi connectivity index (χ3v) is 4.45. The van der Waals surface area contributed by atoms with E-state index in [-0.39, 0.29) is 0 Å². The third kappa shape index (κ3) is 3.44. The van der Waals surface area contributed by atoms with Crippen LogP contribution in [0.15, 0.2) is 18.5 Å². The maximum Gasteiger partial charge on any atom is 0.124 e. The minimum atomic E-state index is 0.927. The van der Waals surface area contributed by atoms with Crippen LogP contribution < -0.4 is 5.32 Å². The highest BCUT2D eigenvalue weighted by Crippen LogP contribution is 2.31. The first-order valence-corrected chi connectivity index (χ1v) is 8.24. The number of thiazole rings is 1. The fourth-order valence-electron chi connectivity index (χ4n) is 2.22. The van der Waals surface area contributed by atoms with Gasteiger partial charge in [-0.05, 0) is 31.0 Å². The Balaban J connectivity index is 2.36. The van der Waals surface area contributed by atoms with E-state index in [4.69, 9.17) is 4.98 Å². The molecule has 0 bridgehead atoms. The first kappa shape index (κ1) is 15.1. The molecule has 0 aromatic carbocycles. The minimum Gasteiger partial charge on any atom is -0.312 e. The molecular weight excluding hydrogens is 266 g/mol. The van der Waals surface area contributed by atoms with Crippen molar-refractivity contribution in [2.24, 2.45) is 0 Å². The van der Waals surface area contributed by atoms with Crippen molar-refractivity contribution in [2.45, 2.75) is 46.6 Å². The molecule has 1 N–H and O–H groups in total. The lowest BCUT2D eigenvalue weighted by atomic mass is 10.1. The normalized spacial score (nSPS) is 10.9. The van der Waals surface area contributed by atoms with Crippen molar-refractivity contribution in [1.82, 2.24) is 15.3 Å². The standard InChI is InChI=1S/C16H23N3S/c1-4-7-14-15(11-17-6-3)20-16(19-14)13-8-9-18-10-12(13)5-2/h8-10,17H,4-7,11H2,1-3H3. The molecule has 0 saturated carbocycles. The van der Waals surface area contributed by atoms with Gasteiger partial charge in [0.2, 0.25) is 0 Å². The van der Waals surface area contributed by atoms with Crippen molar-refractivity contribution in [3.63, 3.8) is 0 Å². The zero-order chi connectivity index (χ0) is 14.4. The molecule has 0 aliphatic rings. The van der Waals surface area contributed by atoms with Gasteiger partial charge in [-0.3, -0.25) is 4.98 Å². The molecule has 0 spiro atoms. The highest BCUT2D eigenvalue weighted by atomic mass is 32.1. The lowest BCUT2D eigenvalue weighted by Crippen LogP contribution is -2.11. The van der Waals surface area contributed by atoms with Crippen LogP contribution in [0, 0.1) is 0 Å². The molecule has 0 unspecified atom stereocenters. The molecule has 2 rings (SSSR count). The van der Waals surface area contributed by atoms with Gasteiger partial charge in [0.1, 0.15) is 5.01 Å². The van der Waals surface area contributed by atoms with E-state index in [2.05, 4.69) is 37.1 Å². The average Bonchev–Trinajstić information content (AvgIpc) is 2.88. The molecule has 0 aliphatic carbocycles. The predicted octanol–water partition coefficient (Wildman–Crippen LogP) is 3.83. The van der Waals surface area contributed by atoms with Crippen LogP contribution in [0.25, 0.3) is 10.6 Å². The number of aromatic nitrogens is 2. The summed E-state index contributed by atoms with van der Waals surface area (Å²) in [5.41, 5.74) is 3.78. The van der Waals surface area contributed by atoms with Gasteiger partial charge in [0.15, 0.2) is 0 Å².